The topological polar surface area (TPSA) is 63.4 Å². The number of Topliss-reactive ketones (excluding diaryl/α,β-unsaturated/α-hetero) is 1. The fraction of sp³-hybridized carbons (Fsp3) is 0.429. The van der Waals surface area contributed by atoms with Gasteiger partial charge in [0.25, 0.3) is 0 Å². The van der Waals surface area contributed by atoms with Gasteiger partial charge in [0.05, 0.1) is 16.6 Å². The first-order valence-corrected chi connectivity index (χ1v) is 6.71. The van der Waals surface area contributed by atoms with Crippen LogP contribution < -0.4 is 10.6 Å². The maximum atomic E-state index is 11.3. The van der Waals surface area contributed by atoms with Crippen molar-refractivity contribution in [2.45, 2.75) is 19.8 Å². The molecule has 0 saturated carbocycles. The van der Waals surface area contributed by atoms with Gasteiger partial charge in [-0.3, -0.25) is 9.59 Å². The number of piperidine rings is 1. The van der Waals surface area contributed by atoms with Crippen LogP contribution in [0.1, 0.15) is 30.1 Å². The molecule has 1 aromatic carbocycles. The number of hydrogen-bond acceptors (Lipinski definition) is 3. The summed E-state index contributed by atoms with van der Waals surface area (Å²) in [5.41, 5.74) is 6.82. The van der Waals surface area contributed by atoms with E-state index in [4.69, 9.17) is 17.3 Å². The Morgan fingerprint density at radius 2 is 2.16 bits per heavy atom. The summed E-state index contributed by atoms with van der Waals surface area (Å²) < 4.78 is 0. The van der Waals surface area contributed by atoms with Gasteiger partial charge in [0.1, 0.15) is 0 Å². The van der Waals surface area contributed by atoms with Crippen molar-refractivity contribution < 1.29 is 9.59 Å². The van der Waals surface area contributed by atoms with E-state index in [-0.39, 0.29) is 17.6 Å². The summed E-state index contributed by atoms with van der Waals surface area (Å²) in [7, 11) is 0. The summed E-state index contributed by atoms with van der Waals surface area (Å²) >= 11 is 6.22. The fourth-order valence-corrected chi connectivity index (χ4v) is 2.71. The van der Waals surface area contributed by atoms with Crippen LogP contribution in [0.4, 0.5) is 5.69 Å². The highest BCUT2D eigenvalue weighted by atomic mass is 35.5. The van der Waals surface area contributed by atoms with E-state index in [1.807, 2.05) is 6.07 Å². The summed E-state index contributed by atoms with van der Waals surface area (Å²) in [5.74, 6) is -0.402. The van der Waals surface area contributed by atoms with Gasteiger partial charge in [0.15, 0.2) is 5.78 Å². The van der Waals surface area contributed by atoms with Crippen LogP contribution >= 0.6 is 11.6 Å². The Morgan fingerprint density at radius 1 is 1.42 bits per heavy atom. The smallest absolute Gasteiger partial charge is 0.222 e. The first-order chi connectivity index (χ1) is 8.99. The molecule has 0 aliphatic carbocycles. The number of nitrogens with zero attached hydrogens (tertiary/aromatic N) is 1. The van der Waals surface area contributed by atoms with E-state index >= 15 is 0 Å². The predicted octanol–water partition coefficient (Wildman–Crippen LogP) is 2.24. The van der Waals surface area contributed by atoms with E-state index in [0.29, 0.717) is 17.1 Å². The second-order valence-electron chi connectivity index (χ2n) is 4.91. The highest BCUT2D eigenvalue weighted by Crippen LogP contribution is 2.30. The Hall–Kier alpha value is -1.55. The molecule has 0 bridgehead atoms. The van der Waals surface area contributed by atoms with E-state index in [2.05, 4.69) is 4.90 Å². The van der Waals surface area contributed by atoms with Crippen molar-refractivity contribution in [3.63, 3.8) is 0 Å². The average Bonchev–Trinajstić information content (AvgIpc) is 2.38. The molecule has 1 amide bonds. The highest BCUT2D eigenvalue weighted by Gasteiger charge is 2.25. The first kappa shape index (κ1) is 13.9. The van der Waals surface area contributed by atoms with E-state index in [9.17, 15) is 9.59 Å². The van der Waals surface area contributed by atoms with Gasteiger partial charge in [-0.1, -0.05) is 11.6 Å². The maximum Gasteiger partial charge on any atom is 0.222 e. The second-order valence-corrected chi connectivity index (χ2v) is 5.32. The lowest BCUT2D eigenvalue weighted by molar-refractivity contribution is -0.122. The van der Waals surface area contributed by atoms with Crippen LogP contribution in [0, 0.1) is 5.92 Å². The Morgan fingerprint density at radius 3 is 2.74 bits per heavy atom. The van der Waals surface area contributed by atoms with Crippen LogP contribution in [0.5, 0.6) is 0 Å². The van der Waals surface area contributed by atoms with Crippen LogP contribution in [0.25, 0.3) is 0 Å². The molecule has 1 aliphatic heterocycles. The quantitative estimate of drug-likeness (QED) is 0.864. The van der Waals surface area contributed by atoms with Gasteiger partial charge < -0.3 is 10.6 Å². The Bertz CT molecular complexity index is 516. The Balaban J connectivity index is 2.22. The number of amides is 1. The number of anilines is 1. The highest BCUT2D eigenvalue weighted by molar-refractivity contribution is 6.33. The summed E-state index contributed by atoms with van der Waals surface area (Å²) in [5, 5.41) is 0.540. The zero-order chi connectivity index (χ0) is 14.0. The van der Waals surface area contributed by atoms with E-state index in [1.54, 1.807) is 12.1 Å². The van der Waals surface area contributed by atoms with Crippen LogP contribution in [-0.4, -0.2) is 24.8 Å². The second kappa shape index (κ2) is 5.61. The molecule has 2 N–H and O–H groups in total. The number of carbonyl (C=O) groups excluding carboxylic acids is 2. The van der Waals surface area contributed by atoms with Crippen molar-refractivity contribution in [3.05, 3.63) is 28.8 Å². The number of carbonyl (C=O) groups is 2. The third kappa shape index (κ3) is 3.07. The third-order valence-electron chi connectivity index (χ3n) is 3.52. The summed E-state index contributed by atoms with van der Waals surface area (Å²) in [6.07, 6.45) is 1.74. The summed E-state index contributed by atoms with van der Waals surface area (Å²) in [6, 6.07) is 5.27. The van der Waals surface area contributed by atoms with Crippen molar-refractivity contribution in [2.24, 2.45) is 11.7 Å². The molecule has 19 heavy (non-hydrogen) atoms. The number of halogens is 1. The number of nitrogens with two attached hydrogens (primary N) is 1. The number of ketones is 1. The number of primary amides is 1. The lowest BCUT2D eigenvalue weighted by Gasteiger charge is -2.33. The van der Waals surface area contributed by atoms with Crippen LogP contribution in [-0.2, 0) is 4.79 Å². The number of hydrogen-bond donors (Lipinski definition) is 1. The molecule has 1 unspecified atom stereocenters. The molecule has 5 heteroatoms. The minimum atomic E-state index is -0.263. The molecule has 0 radical (unpaired) electrons. The van der Waals surface area contributed by atoms with Gasteiger partial charge in [-0.05, 0) is 38.0 Å². The largest absolute Gasteiger partial charge is 0.370 e. The number of benzene rings is 1. The lowest BCUT2D eigenvalue weighted by atomic mass is 9.97. The van der Waals surface area contributed by atoms with Crippen molar-refractivity contribution in [3.8, 4) is 0 Å². The number of rotatable bonds is 3. The predicted molar refractivity (Wildman–Crippen MR) is 75.6 cm³/mol. The molecule has 1 aliphatic rings. The van der Waals surface area contributed by atoms with Crippen LogP contribution in [0.15, 0.2) is 18.2 Å². The monoisotopic (exact) mass is 280 g/mol. The van der Waals surface area contributed by atoms with Gasteiger partial charge in [-0.25, -0.2) is 0 Å². The molecule has 1 atom stereocenters. The molecule has 1 saturated heterocycles. The first-order valence-electron chi connectivity index (χ1n) is 6.34. The molecule has 4 nitrogen and oxygen atoms in total. The SMILES string of the molecule is CC(=O)c1ccc(N2CCCC(C(N)=O)C2)c(Cl)c1. The van der Waals surface area contributed by atoms with Crippen molar-refractivity contribution >= 4 is 29.0 Å². The normalized spacial score (nSPS) is 19.3. The standard InChI is InChI=1S/C14H17ClN2O2/c1-9(18)10-4-5-13(12(15)7-10)17-6-2-3-11(8-17)14(16)19/h4-5,7,11H,2-3,6,8H2,1H3,(H2,16,19). The molecule has 2 rings (SSSR count). The summed E-state index contributed by atoms with van der Waals surface area (Å²) in [6.45, 7) is 2.95. The molecule has 1 heterocycles. The maximum absolute atomic E-state index is 11.3. The minimum absolute atomic E-state index is 0.0119. The average molecular weight is 281 g/mol. The molecule has 0 aromatic heterocycles. The lowest BCUT2D eigenvalue weighted by Crippen LogP contribution is -2.41. The Kier molecular flexibility index (Phi) is 4.10. The molecule has 0 spiro atoms. The Labute approximate surface area is 117 Å². The van der Waals surface area contributed by atoms with Gasteiger partial charge in [0.2, 0.25) is 5.91 Å². The summed E-state index contributed by atoms with van der Waals surface area (Å²) in [4.78, 5) is 24.6. The van der Waals surface area contributed by atoms with Crippen molar-refractivity contribution in [1.29, 1.82) is 0 Å². The fourth-order valence-electron chi connectivity index (χ4n) is 2.41. The van der Waals surface area contributed by atoms with E-state index < -0.39 is 0 Å². The van der Waals surface area contributed by atoms with E-state index in [0.717, 1.165) is 25.1 Å². The van der Waals surface area contributed by atoms with Crippen LogP contribution in [0.2, 0.25) is 5.02 Å². The molecular formula is C14H17ClN2O2. The third-order valence-corrected chi connectivity index (χ3v) is 3.82. The molecule has 1 fully saturated rings. The zero-order valence-corrected chi connectivity index (χ0v) is 11.6. The van der Waals surface area contributed by atoms with Crippen molar-refractivity contribution in [2.75, 3.05) is 18.0 Å². The zero-order valence-electron chi connectivity index (χ0n) is 10.9. The molecule has 1 aromatic rings. The molecular weight excluding hydrogens is 264 g/mol. The van der Waals surface area contributed by atoms with Crippen LogP contribution in [0.3, 0.4) is 0 Å². The van der Waals surface area contributed by atoms with Gasteiger partial charge in [-0.2, -0.15) is 0 Å². The van der Waals surface area contributed by atoms with Crippen molar-refractivity contribution in [1.82, 2.24) is 0 Å². The minimum Gasteiger partial charge on any atom is -0.370 e. The molecule has 102 valence electrons. The van der Waals surface area contributed by atoms with E-state index in [1.165, 1.54) is 6.92 Å². The van der Waals surface area contributed by atoms with Gasteiger partial charge in [-0.15, -0.1) is 0 Å². The van der Waals surface area contributed by atoms with Gasteiger partial charge >= 0.3 is 0 Å². The van der Waals surface area contributed by atoms with Gasteiger partial charge in [0, 0.05) is 18.7 Å².